The number of nitrogens with zero attached hydrogens (tertiary/aromatic N) is 3. The van der Waals surface area contributed by atoms with Crippen LogP contribution in [0.25, 0.3) is 22.4 Å². The van der Waals surface area contributed by atoms with Crippen LogP contribution >= 0.6 is 15.9 Å². The molecule has 0 aliphatic rings. The summed E-state index contributed by atoms with van der Waals surface area (Å²) in [6.07, 6.45) is 3.52. The number of halogens is 1. The maximum absolute atomic E-state index is 6.21. The molecule has 2 heterocycles. The van der Waals surface area contributed by atoms with E-state index >= 15 is 0 Å². The fraction of sp³-hybridized carbons (Fsp3) is 0.125. The van der Waals surface area contributed by atoms with Crippen LogP contribution < -0.4 is 5.73 Å². The number of benzene rings is 1. The van der Waals surface area contributed by atoms with Crippen molar-refractivity contribution >= 4 is 21.7 Å². The van der Waals surface area contributed by atoms with Gasteiger partial charge in [-0.25, -0.2) is 0 Å². The highest BCUT2D eigenvalue weighted by molar-refractivity contribution is 9.10. The van der Waals surface area contributed by atoms with E-state index in [2.05, 4.69) is 39.0 Å². The van der Waals surface area contributed by atoms with Gasteiger partial charge in [0.2, 0.25) is 0 Å². The number of nitrogens with two attached hydrogens (primary N) is 1. The smallest absolute Gasteiger partial charge is 0.129 e. The van der Waals surface area contributed by atoms with E-state index in [4.69, 9.17) is 5.73 Å². The molecule has 106 valence electrons. The van der Waals surface area contributed by atoms with Gasteiger partial charge in [-0.05, 0) is 42.3 Å². The van der Waals surface area contributed by atoms with Crippen molar-refractivity contribution in [2.75, 3.05) is 5.73 Å². The molecule has 5 heteroatoms. The lowest BCUT2D eigenvalue weighted by molar-refractivity contribution is 0.782. The van der Waals surface area contributed by atoms with E-state index < -0.39 is 0 Å². The van der Waals surface area contributed by atoms with Gasteiger partial charge in [-0.1, -0.05) is 22.0 Å². The lowest BCUT2D eigenvalue weighted by Crippen LogP contribution is -1.97. The Kier molecular flexibility index (Phi) is 3.51. The third-order valence-electron chi connectivity index (χ3n) is 3.49. The molecule has 0 saturated carbocycles. The quantitative estimate of drug-likeness (QED) is 0.770. The number of hydrogen-bond donors (Lipinski definition) is 1. The summed E-state index contributed by atoms with van der Waals surface area (Å²) in [6.45, 7) is 2.06. The molecule has 0 saturated heterocycles. The van der Waals surface area contributed by atoms with Gasteiger partial charge in [0.1, 0.15) is 11.5 Å². The maximum atomic E-state index is 6.21. The molecule has 0 amide bonds. The first-order valence-electron chi connectivity index (χ1n) is 6.57. The highest BCUT2D eigenvalue weighted by Gasteiger charge is 2.17. The minimum Gasteiger partial charge on any atom is -0.383 e. The van der Waals surface area contributed by atoms with Gasteiger partial charge in [-0.15, -0.1) is 0 Å². The third kappa shape index (κ3) is 2.45. The molecule has 0 spiro atoms. The van der Waals surface area contributed by atoms with Crippen LogP contribution in [0.15, 0.2) is 47.2 Å². The van der Waals surface area contributed by atoms with Crippen LogP contribution in [0.4, 0.5) is 5.82 Å². The molecule has 0 aliphatic heterocycles. The zero-order valence-corrected chi connectivity index (χ0v) is 13.4. The fourth-order valence-corrected chi connectivity index (χ4v) is 2.58. The van der Waals surface area contributed by atoms with E-state index in [0.29, 0.717) is 5.82 Å². The second-order valence-corrected chi connectivity index (χ2v) is 5.79. The Balaban J connectivity index is 2.24. The average molecular weight is 343 g/mol. The highest BCUT2D eigenvalue weighted by Crippen LogP contribution is 2.36. The number of hydrogen-bond acceptors (Lipinski definition) is 3. The van der Waals surface area contributed by atoms with E-state index in [0.717, 1.165) is 32.4 Å². The summed E-state index contributed by atoms with van der Waals surface area (Å²) in [6, 6.07) is 10.1. The molecular formula is C16H15BrN4. The molecule has 3 rings (SSSR count). The van der Waals surface area contributed by atoms with Crippen LogP contribution in [0.3, 0.4) is 0 Å². The van der Waals surface area contributed by atoms with Crippen LogP contribution in [0.2, 0.25) is 0 Å². The summed E-state index contributed by atoms with van der Waals surface area (Å²) in [4.78, 5) is 4.06. The predicted molar refractivity (Wildman–Crippen MR) is 88.7 cm³/mol. The van der Waals surface area contributed by atoms with Gasteiger partial charge in [-0.3, -0.25) is 9.67 Å². The van der Waals surface area contributed by atoms with Crippen molar-refractivity contribution in [3.05, 3.63) is 52.8 Å². The van der Waals surface area contributed by atoms with E-state index in [1.165, 1.54) is 0 Å². The number of aromatic nitrogens is 3. The Labute approximate surface area is 131 Å². The largest absolute Gasteiger partial charge is 0.383 e. The van der Waals surface area contributed by atoms with Gasteiger partial charge >= 0.3 is 0 Å². The van der Waals surface area contributed by atoms with E-state index in [1.54, 1.807) is 17.1 Å². The average Bonchev–Trinajstić information content (AvgIpc) is 2.79. The second kappa shape index (κ2) is 5.33. The molecule has 0 aliphatic carbocycles. The first kappa shape index (κ1) is 13.8. The highest BCUT2D eigenvalue weighted by atomic mass is 79.9. The molecular weight excluding hydrogens is 328 g/mol. The molecule has 3 aromatic rings. The van der Waals surface area contributed by atoms with Crippen molar-refractivity contribution in [1.82, 2.24) is 14.8 Å². The summed E-state index contributed by atoms with van der Waals surface area (Å²) in [5.41, 5.74) is 11.3. The van der Waals surface area contributed by atoms with Crippen molar-refractivity contribution in [2.24, 2.45) is 7.05 Å². The Morgan fingerprint density at radius 2 is 1.81 bits per heavy atom. The molecule has 2 aromatic heterocycles. The maximum Gasteiger partial charge on any atom is 0.129 e. The van der Waals surface area contributed by atoms with Gasteiger partial charge in [0.25, 0.3) is 0 Å². The van der Waals surface area contributed by atoms with Crippen LogP contribution in [0, 0.1) is 6.92 Å². The molecule has 0 radical (unpaired) electrons. The fourth-order valence-electron chi connectivity index (χ4n) is 2.33. The lowest BCUT2D eigenvalue weighted by Gasteiger charge is -2.06. The van der Waals surface area contributed by atoms with Crippen LogP contribution in [-0.4, -0.2) is 14.8 Å². The molecule has 0 bridgehead atoms. The Morgan fingerprint density at radius 3 is 2.48 bits per heavy atom. The topological polar surface area (TPSA) is 56.7 Å². The SMILES string of the molecule is Cc1cc(-c2nn(C)c(N)c2-c2ccncc2)ccc1Br. The molecule has 0 atom stereocenters. The molecule has 1 aromatic carbocycles. The number of aryl methyl sites for hydroxylation is 2. The monoisotopic (exact) mass is 342 g/mol. The Morgan fingerprint density at radius 1 is 1.10 bits per heavy atom. The summed E-state index contributed by atoms with van der Waals surface area (Å²) < 4.78 is 2.79. The van der Waals surface area contributed by atoms with E-state index in [-0.39, 0.29) is 0 Å². The second-order valence-electron chi connectivity index (χ2n) is 4.93. The van der Waals surface area contributed by atoms with Crippen molar-refractivity contribution < 1.29 is 0 Å². The van der Waals surface area contributed by atoms with Crippen LogP contribution in [0.5, 0.6) is 0 Å². The normalized spacial score (nSPS) is 10.8. The zero-order chi connectivity index (χ0) is 15.0. The predicted octanol–water partition coefficient (Wildman–Crippen LogP) is 3.80. The lowest BCUT2D eigenvalue weighted by atomic mass is 10.0. The third-order valence-corrected chi connectivity index (χ3v) is 4.38. The summed E-state index contributed by atoms with van der Waals surface area (Å²) in [5, 5.41) is 4.58. The molecule has 0 unspecified atom stereocenters. The van der Waals surface area contributed by atoms with Gasteiger partial charge in [0.15, 0.2) is 0 Å². The van der Waals surface area contributed by atoms with Gasteiger partial charge in [0.05, 0.1) is 5.56 Å². The van der Waals surface area contributed by atoms with Gasteiger partial charge < -0.3 is 5.73 Å². The number of anilines is 1. The molecule has 4 nitrogen and oxygen atoms in total. The molecule has 0 fully saturated rings. The summed E-state index contributed by atoms with van der Waals surface area (Å²) in [7, 11) is 1.86. The van der Waals surface area contributed by atoms with Crippen molar-refractivity contribution in [3.63, 3.8) is 0 Å². The number of nitrogen functional groups attached to an aromatic ring is 1. The first-order chi connectivity index (χ1) is 10.1. The van der Waals surface area contributed by atoms with Gasteiger partial charge in [-0.2, -0.15) is 5.10 Å². The van der Waals surface area contributed by atoms with Gasteiger partial charge in [0, 0.05) is 29.5 Å². The summed E-state index contributed by atoms with van der Waals surface area (Å²) >= 11 is 3.53. The van der Waals surface area contributed by atoms with Crippen LogP contribution in [0.1, 0.15) is 5.56 Å². The van der Waals surface area contributed by atoms with E-state index in [1.807, 2.05) is 31.3 Å². The minimum atomic E-state index is 0.650. The number of pyridine rings is 1. The number of rotatable bonds is 2. The standard InChI is InChI=1S/C16H15BrN4/c1-10-9-12(3-4-13(10)17)15-14(16(18)21(2)20-15)11-5-7-19-8-6-11/h3-9H,18H2,1-2H3. The Bertz CT molecular complexity index is 794. The van der Waals surface area contributed by atoms with Crippen molar-refractivity contribution in [1.29, 1.82) is 0 Å². The molecule has 2 N–H and O–H groups in total. The zero-order valence-electron chi connectivity index (χ0n) is 11.8. The summed E-state index contributed by atoms with van der Waals surface area (Å²) in [5.74, 6) is 0.650. The Hall–Kier alpha value is -2.14. The van der Waals surface area contributed by atoms with Crippen molar-refractivity contribution in [3.8, 4) is 22.4 Å². The first-order valence-corrected chi connectivity index (χ1v) is 7.36. The van der Waals surface area contributed by atoms with Crippen LogP contribution in [-0.2, 0) is 7.05 Å². The molecule has 21 heavy (non-hydrogen) atoms. The van der Waals surface area contributed by atoms with E-state index in [9.17, 15) is 0 Å². The van der Waals surface area contributed by atoms with Crippen molar-refractivity contribution in [2.45, 2.75) is 6.92 Å². The minimum absolute atomic E-state index is 0.650.